The van der Waals surface area contributed by atoms with Crippen molar-refractivity contribution in [2.75, 3.05) is 27.4 Å². The molecule has 0 spiro atoms. The zero-order valence-corrected chi connectivity index (χ0v) is 10.2. The zero-order valence-electron chi connectivity index (χ0n) is 10.2. The second-order valence-corrected chi connectivity index (χ2v) is 5.06. The highest BCUT2D eigenvalue weighted by atomic mass is 16.7. The summed E-state index contributed by atoms with van der Waals surface area (Å²) in [6.07, 6.45) is 2.05. The molecule has 0 aromatic carbocycles. The number of hydrogen-bond donors (Lipinski definition) is 0. The van der Waals surface area contributed by atoms with Gasteiger partial charge in [0.05, 0.1) is 12.5 Å². The number of rotatable bonds is 4. The van der Waals surface area contributed by atoms with E-state index in [1.165, 1.54) is 0 Å². The molecule has 1 saturated heterocycles. The standard InChI is InChI=1S/C12H20O4/c1-4-15-11-6-9-5-8(7-16-11)10(11)12(9,13-2)14-3/h8-10H,4-7H2,1-3H3/t8-,9+,10-,11-/m1/s1. The summed E-state index contributed by atoms with van der Waals surface area (Å²) in [5.74, 6) is 0.265. The molecule has 1 aliphatic heterocycles. The summed E-state index contributed by atoms with van der Waals surface area (Å²) in [5, 5.41) is 0. The predicted octanol–water partition coefficient (Wildman–Crippen LogP) is 1.39. The van der Waals surface area contributed by atoms with E-state index in [4.69, 9.17) is 18.9 Å². The quantitative estimate of drug-likeness (QED) is 0.681. The van der Waals surface area contributed by atoms with E-state index in [0.29, 0.717) is 18.4 Å². The Morgan fingerprint density at radius 3 is 2.62 bits per heavy atom. The van der Waals surface area contributed by atoms with Crippen molar-refractivity contribution >= 4 is 0 Å². The second-order valence-electron chi connectivity index (χ2n) is 5.06. The molecule has 0 aromatic heterocycles. The summed E-state index contributed by atoms with van der Waals surface area (Å²) in [7, 11) is 3.47. The fraction of sp³-hybridized carbons (Fsp3) is 1.00. The minimum absolute atomic E-state index is 0.236. The first-order chi connectivity index (χ1) is 7.72. The smallest absolute Gasteiger partial charge is 0.178 e. The molecule has 4 nitrogen and oxygen atoms in total. The van der Waals surface area contributed by atoms with Crippen molar-refractivity contribution in [1.29, 1.82) is 0 Å². The Balaban J connectivity index is 1.98. The highest BCUT2D eigenvalue weighted by Gasteiger charge is 2.75. The minimum atomic E-state index is -0.476. The van der Waals surface area contributed by atoms with Gasteiger partial charge in [-0.05, 0) is 19.3 Å². The monoisotopic (exact) mass is 228 g/mol. The van der Waals surface area contributed by atoms with Gasteiger partial charge in [-0.15, -0.1) is 0 Å². The minimum Gasteiger partial charge on any atom is -0.352 e. The van der Waals surface area contributed by atoms with E-state index in [-0.39, 0.29) is 5.92 Å². The highest BCUT2D eigenvalue weighted by molar-refractivity contribution is 5.15. The van der Waals surface area contributed by atoms with Crippen molar-refractivity contribution in [3.8, 4) is 0 Å². The van der Waals surface area contributed by atoms with E-state index in [2.05, 4.69) is 0 Å². The van der Waals surface area contributed by atoms with E-state index in [1.54, 1.807) is 14.2 Å². The summed E-state index contributed by atoms with van der Waals surface area (Å²) in [4.78, 5) is 0. The van der Waals surface area contributed by atoms with Crippen molar-refractivity contribution in [2.45, 2.75) is 31.3 Å². The van der Waals surface area contributed by atoms with Crippen LogP contribution in [0, 0.1) is 17.8 Å². The average Bonchev–Trinajstić information content (AvgIpc) is 2.81. The molecule has 0 radical (unpaired) electrons. The Morgan fingerprint density at radius 2 is 2.06 bits per heavy atom. The molecule has 2 bridgehead atoms. The first kappa shape index (κ1) is 11.0. The number of hydrogen-bond acceptors (Lipinski definition) is 4. The van der Waals surface area contributed by atoms with E-state index in [0.717, 1.165) is 19.4 Å². The summed E-state index contributed by atoms with van der Waals surface area (Å²) in [5.41, 5.74) is 0. The van der Waals surface area contributed by atoms with E-state index < -0.39 is 11.6 Å². The largest absolute Gasteiger partial charge is 0.352 e. The third-order valence-corrected chi connectivity index (χ3v) is 4.63. The summed E-state index contributed by atoms with van der Waals surface area (Å²) in [6.45, 7) is 3.48. The number of methoxy groups -OCH3 is 2. The predicted molar refractivity (Wildman–Crippen MR) is 56.8 cm³/mol. The van der Waals surface area contributed by atoms with Gasteiger partial charge in [-0.1, -0.05) is 0 Å². The van der Waals surface area contributed by atoms with Crippen molar-refractivity contribution in [1.82, 2.24) is 0 Å². The van der Waals surface area contributed by atoms with Crippen molar-refractivity contribution in [3.63, 3.8) is 0 Å². The van der Waals surface area contributed by atoms with Crippen LogP contribution in [-0.4, -0.2) is 39.0 Å². The molecule has 16 heavy (non-hydrogen) atoms. The van der Waals surface area contributed by atoms with Gasteiger partial charge in [-0.3, -0.25) is 0 Å². The van der Waals surface area contributed by atoms with Gasteiger partial charge < -0.3 is 18.9 Å². The van der Waals surface area contributed by atoms with Gasteiger partial charge in [-0.2, -0.15) is 0 Å². The molecule has 0 unspecified atom stereocenters. The fourth-order valence-corrected chi connectivity index (χ4v) is 4.28. The molecular formula is C12H20O4. The maximum atomic E-state index is 5.94. The molecule has 2 saturated carbocycles. The van der Waals surface area contributed by atoms with Crippen LogP contribution in [0.1, 0.15) is 19.8 Å². The van der Waals surface area contributed by atoms with Crippen LogP contribution in [0.3, 0.4) is 0 Å². The molecule has 4 heteroatoms. The Bertz CT molecular complexity index is 285. The van der Waals surface area contributed by atoms with Crippen LogP contribution in [0.4, 0.5) is 0 Å². The first-order valence-electron chi connectivity index (χ1n) is 6.10. The van der Waals surface area contributed by atoms with Gasteiger partial charge in [0.25, 0.3) is 0 Å². The van der Waals surface area contributed by atoms with Crippen LogP contribution in [0.5, 0.6) is 0 Å². The topological polar surface area (TPSA) is 36.9 Å². The van der Waals surface area contributed by atoms with Crippen LogP contribution in [0.15, 0.2) is 0 Å². The molecule has 1 heterocycles. The molecule has 3 rings (SSSR count). The van der Waals surface area contributed by atoms with Crippen molar-refractivity contribution in [2.24, 2.45) is 17.8 Å². The van der Waals surface area contributed by atoms with Crippen molar-refractivity contribution < 1.29 is 18.9 Å². The van der Waals surface area contributed by atoms with E-state index in [9.17, 15) is 0 Å². The molecule has 0 N–H and O–H groups in total. The van der Waals surface area contributed by atoms with Gasteiger partial charge >= 0.3 is 0 Å². The van der Waals surface area contributed by atoms with Gasteiger partial charge in [0.2, 0.25) is 0 Å². The van der Waals surface area contributed by atoms with Crippen LogP contribution in [-0.2, 0) is 18.9 Å². The number of ether oxygens (including phenoxy) is 4. The van der Waals surface area contributed by atoms with E-state index >= 15 is 0 Å². The lowest BCUT2D eigenvalue weighted by Crippen LogP contribution is -2.46. The Kier molecular flexibility index (Phi) is 2.34. The average molecular weight is 228 g/mol. The van der Waals surface area contributed by atoms with Crippen LogP contribution in [0.25, 0.3) is 0 Å². The normalized spacial score (nSPS) is 47.8. The fourth-order valence-electron chi connectivity index (χ4n) is 4.28. The van der Waals surface area contributed by atoms with Crippen LogP contribution < -0.4 is 0 Å². The Morgan fingerprint density at radius 1 is 1.31 bits per heavy atom. The molecule has 0 amide bonds. The van der Waals surface area contributed by atoms with Crippen molar-refractivity contribution in [3.05, 3.63) is 0 Å². The Labute approximate surface area is 96.2 Å². The van der Waals surface area contributed by atoms with E-state index in [1.807, 2.05) is 6.92 Å². The molecule has 3 aliphatic rings. The lowest BCUT2D eigenvalue weighted by Gasteiger charge is -2.35. The van der Waals surface area contributed by atoms with Gasteiger partial charge in [0.15, 0.2) is 11.6 Å². The molecular weight excluding hydrogens is 208 g/mol. The van der Waals surface area contributed by atoms with Gasteiger partial charge in [-0.25, -0.2) is 0 Å². The maximum absolute atomic E-state index is 5.94. The zero-order chi connectivity index (χ0) is 11.4. The third-order valence-electron chi connectivity index (χ3n) is 4.63. The Hall–Kier alpha value is -0.160. The third kappa shape index (κ3) is 1.04. The van der Waals surface area contributed by atoms with Crippen LogP contribution >= 0.6 is 0 Å². The molecule has 0 aromatic rings. The van der Waals surface area contributed by atoms with Gasteiger partial charge in [0, 0.05) is 33.2 Å². The summed E-state index contributed by atoms with van der Waals surface area (Å²) in [6, 6.07) is 0. The summed E-state index contributed by atoms with van der Waals surface area (Å²) >= 11 is 0. The number of fused-ring (bicyclic) bond motifs is 1. The molecule has 92 valence electrons. The maximum Gasteiger partial charge on any atom is 0.178 e. The summed E-state index contributed by atoms with van der Waals surface area (Å²) < 4.78 is 23.2. The van der Waals surface area contributed by atoms with Gasteiger partial charge in [0.1, 0.15) is 0 Å². The second kappa shape index (κ2) is 3.42. The molecule has 3 fully saturated rings. The molecule has 2 aliphatic carbocycles. The lowest BCUT2D eigenvalue weighted by atomic mass is 9.87. The SMILES string of the molecule is CCO[C@]12C[C@@H]3C[C@H](CO1)[C@H]2C3(OC)OC. The highest BCUT2D eigenvalue weighted by Crippen LogP contribution is 2.66. The first-order valence-corrected chi connectivity index (χ1v) is 6.10. The molecule has 4 atom stereocenters. The van der Waals surface area contributed by atoms with Crippen LogP contribution in [0.2, 0.25) is 0 Å². The lowest BCUT2D eigenvalue weighted by molar-refractivity contribution is -0.277.